The van der Waals surface area contributed by atoms with Gasteiger partial charge >= 0.3 is 0 Å². The monoisotopic (exact) mass is 175 g/mol. The van der Waals surface area contributed by atoms with Gasteiger partial charge in [0, 0.05) is 12.7 Å². The Kier molecular flexibility index (Phi) is 2.25. The normalized spacial score (nSPS) is 16.2. The lowest BCUT2D eigenvalue weighted by Gasteiger charge is -2.13. The first-order chi connectivity index (χ1) is 6.38. The summed E-state index contributed by atoms with van der Waals surface area (Å²) >= 11 is 0. The van der Waals surface area contributed by atoms with Gasteiger partial charge in [0.05, 0.1) is 6.54 Å². The first kappa shape index (κ1) is 8.23. The topological polar surface area (TPSA) is 33.2 Å². The highest BCUT2D eigenvalue weighted by molar-refractivity contribution is 5.92. The molecule has 1 aromatic heterocycles. The number of amides is 1. The predicted octanol–water partition coefficient (Wildman–Crippen LogP) is 1.48. The molecule has 1 aliphatic rings. The molecule has 0 aromatic carbocycles. The molecule has 3 heteroatoms. The SMILES string of the molecule is O=C(c1ccccn1)N1[CH]CCC1. The maximum absolute atomic E-state index is 11.7. The average molecular weight is 175 g/mol. The number of carbonyl (C=O) groups excluding carboxylic acids is 1. The summed E-state index contributed by atoms with van der Waals surface area (Å²) in [4.78, 5) is 17.4. The Morgan fingerprint density at radius 1 is 1.46 bits per heavy atom. The van der Waals surface area contributed by atoms with Crippen LogP contribution in [0.15, 0.2) is 24.4 Å². The van der Waals surface area contributed by atoms with Crippen LogP contribution in [0.2, 0.25) is 0 Å². The van der Waals surface area contributed by atoms with Crippen LogP contribution in [-0.2, 0) is 0 Å². The zero-order valence-corrected chi connectivity index (χ0v) is 7.31. The molecule has 67 valence electrons. The second-order valence-electron chi connectivity index (χ2n) is 3.04. The highest BCUT2D eigenvalue weighted by atomic mass is 16.2. The Bertz CT molecular complexity index is 291. The van der Waals surface area contributed by atoms with Crippen molar-refractivity contribution in [3.8, 4) is 0 Å². The van der Waals surface area contributed by atoms with Crippen LogP contribution in [0.25, 0.3) is 0 Å². The minimum absolute atomic E-state index is 0.0121. The molecule has 0 atom stereocenters. The summed E-state index contributed by atoms with van der Waals surface area (Å²) in [6, 6.07) is 5.38. The number of hydrogen-bond donors (Lipinski definition) is 0. The van der Waals surface area contributed by atoms with E-state index < -0.39 is 0 Å². The first-order valence-corrected chi connectivity index (χ1v) is 4.43. The van der Waals surface area contributed by atoms with Crippen molar-refractivity contribution in [2.45, 2.75) is 12.8 Å². The molecule has 0 bridgehead atoms. The molecule has 0 spiro atoms. The third kappa shape index (κ3) is 1.69. The third-order valence-electron chi connectivity index (χ3n) is 2.10. The lowest BCUT2D eigenvalue weighted by Crippen LogP contribution is -2.25. The number of hydrogen-bond acceptors (Lipinski definition) is 2. The molecule has 3 nitrogen and oxygen atoms in total. The van der Waals surface area contributed by atoms with Crippen LogP contribution in [0, 0.1) is 6.54 Å². The number of pyridine rings is 1. The van der Waals surface area contributed by atoms with E-state index in [2.05, 4.69) is 4.98 Å². The summed E-state index contributed by atoms with van der Waals surface area (Å²) in [5.41, 5.74) is 0.528. The highest BCUT2D eigenvalue weighted by Gasteiger charge is 2.20. The van der Waals surface area contributed by atoms with Crippen LogP contribution in [0.3, 0.4) is 0 Å². The van der Waals surface area contributed by atoms with Gasteiger partial charge in [-0.25, -0.2) is 0 Å². The van der Waals surface area contributed by atoms with Crippen LogP contribution >= 0.6 is 0 Å². The summed E-state index contributed by atoms with van der Waals surface area (Å²) in [5, 5.41) is 0. The van der Waals surface area contributed by atoms with Gasteiger partial charge in [-0.2, -0.15) is 0 Å². The average Bonchev–Trinajstić information content (AvgIpc) is 2.71. The maximum Gasteiger partial charge on any atom is 0.272 e. The van der Waals surface area contributed by atoms with Gasteiger partial charge < -0.3 is 4.90 Å². The molecule has 2 rings (SSSR count). The van der Waals surface area contributed by atoms with E-state index in [0.717, 1.165) is 19.4 Å². The highest BCUT2D eigenvalue weighted by Crippen LogP contribution is 2.14. The molecule has 1 aliphatic heterocycles. The van der Waals surface area contributed by atoms with E-state index in [1.165, 1.54) is 0 Å². The quantitative estimate of drug-likeness (QED) is 0.647. The standard InChI is InChI=1S/C10H11N2O/c13-10(12-7-3-4-8-12)9-5-1-2-6-11-9/h1-2,5-7H,3-4,8H2. The van der Waals surface area contributed by atoms with E-state index >= 15 is 0 Å². The Labute approximate surface area is 77.4 Å². The van der Waals surface area contributed by atoms with Gasteiger partial charge in [0.25, 0.3) is 5.91 Å². The number of likely N-dealkylation sites (tertiary alicyclic amines) is 1. The minimum atomic E-state index is 0.0121. The van der Waals surface area contributed by atoms with Crippen molar-refractivity contribution in [2.75, 3.05) is 6.54 Å². The molecule has 1 fully saturated rings. The minimum Gasteiger partial charge on any atom is -0.332 e. The smallest absolute Gasteiger partial charge is 0.272 e. The Balaban J connectivity index is 2.13. The molecule has 0 N–H and O–H groups in total. The van der Waals surface area contributed by atoms with Gasteiger partial charge in [-0.1, -0.05) is 6.07 Å². The summed E-state index contributed by atoms with van der Waals surface area (Å²) in [6.45, 7) is 2.77. The lowest BCUT2D eigenvalue weighted by atomic mass is 10.3. The van der Waals surface area contributed by atoms with Crippen LogP contribution < -0.4 is 0 Å². The summed E-state index contributed by atoms with van der Waals surface area (Å²) in [7, 11) is 0. The molecule has 0 saturated carbocycles. The number of nitrogens with zero attached hydrogens (tertiary/aromatic N) is 2. The van der Waals surface area contributed by atoms with Crippen molar-refractivity contribution in [2.24, 2.45) is 0 Å². The lowest BCUT2D eigenvalue weighted by molar-refractivity contribution is 0.0815. The van der Waals surface area contributed by atoms with Gasteiger partial charge in [0.1, 0.15) is 5.69 Å². The number of carbonyl (C=O) groups is 1. The van der Waals surface area contributed by atoms with Crippen molar-refractivity contribution in [1.29, 1.82) is 0 Å². The summed E-state index contributed by atoms with van der Waals surface area (Å²) < 4.78 is 0. The Hall–Kier alpha value is -1.38. The molecule has 0 aliphatic carbocycles. The van der Waals surface area contributed by atoms with Crippen molar-refractivity contribution in [3.63, 3.8) is 0 Å². The van der Waals surface area contributed by atoms with E-state index in [1.807, 2.05) is 18.7 Å². The van der Waals surface area contributed by atoms with Crippen LogP contribution in [0.5, 0.6) is 0 Å². The zero-order chi connectivity index (χ0) is 9.10. The molecule has 0 unspecified atom stereocenters. The van der Waals surface area contributed by atoms with Gasteiger partial charge in [-0.3, -0.25) is 9.78 Å². The van der Waals surface area contributed by atoms with E-state index in [1.54, 1.807) is 17.2 Å². The molecule has 1 saturated heterocycles. The van der Waals surface area contributed by atoms with E-state index in [0.29, 0.717) is 5.69 Å². The molecule has 1 aromatic rings. The fourth-order valence-electron chi connectivity index (χ4n) is 1.42. The third-order valence-corrected chi connectivity index (χ3v) is 2.10. The molecule has 1 radical (unpaired) electrons. The fourth-order valence-corrected chi connectivity index (χ4v) is 1.42. The zero-order valence-electron chi connectivity index (χ0n) is 7.31. The van der Waals surface area contributed by atoms with Gasteiger partial charge in [0.15, 0.2) is 0 Å². The van der Waals surface area contributed by atoms with Gasteiger partial charge in [-0.05, 0) is 25.0 Å². The number of aromatic nitrogens is 1. The molecule has 2 heterocycles. The van der Waals surface area contributed by atoms with Crippen LogP contribution in [0.1, 0.15) is 23.3 Å². The van der Waals surface area contributed by atoms with Crippen molar-refractivity contribution in [1.82, 2.24) is 9.88 Å². The summed E-state index contributed by atoms with van der Waals surface area (Å²) in [6.07, 6.45) is 3.71. The van der Waals surface area contributed by atoms with Crippen LogP contribution in [0.4, 0.5) is 0 Å². The molecule has 13 heavy (non-hydrogen) atoms. The summed E-state index contributed by atoms with van der Waals surface area (Å²) in [5.74, 6) is 0.0121. The van der Waals surface area contributed by atoms with E-state index in [-0.39, 0.29) is 5.91 Å². The first-order valence-electron chi connectivity index (χ1n) is 4.43. The Morgan fingerprint density at radius 3 is 3.00 bits per heavy atom. The van der Waals surface area contributed by atoms with Crippen molar-refractivity contribution < 1.29 is 4.79 Å². The van der Waals surface area contributed by atoms with Gasteiger partial charge in [0.2, 0.25) is 0 Å². The Morgan fingerprint density at radius 2 is 2.38 bits per heavy atom. The van der Waals surface area contributed by atoms with Gasteiger partial charge in [-0.15, -0.1) is 0 Å². The van der Waals surface area contributed by atoms with Crippen molar-refractivity contribution >= 4 is 5.91 Å². The van der Waals surface area contributed by atoms with Crippen LogP contribution in [-0.4, -0.2) is 22.3 Å². The maximum atomic E-state index is 11.7. The fraction of sp³-hybridized carbons (Fsp3) is 0.300. The van der Waals surface area contributed by atoms with Crippen molar-refractivity contribution in [3.05, 3.63) is 36.6 Å². The number of rotatable bonds is 1. The second-order valence-corrected chi connectivity index (χ2v) is 3.04. The van der Waals surface area contributed by atoms with E-state index in [9.17, 15) is 4.79 Å². The predicted molar refractivity (Wildman–Crippen MR) is 48.8 cm³/mol. The molecular formula is C10H11N2O. The second kappa shape index (κ2) is 3.56. The van der Waals surface area contributed by atoms with E-state index in [4.69, 9.17) is 0 Å². The largest absolute Gasteiger partial charge is 0.332 e. The molecular weight excluding hydrogens is 164 g/mol. The molecule has 1 amide bonds.